The summed E-state index contributed by atoms with van der Waals surface area (Å²) in [5, 5.41) is 5.18. The average Bonchev–Trinajstić information content (AvgIpc) is 2.32. The first kappa shape index (κ1) is 18.2. The fourth-order valence-corrected chi connectivity index (χ4v) is 3.11. The molecule has 1 fully saturated rings. The van der Waals surface area contributed by atoms with Crippen LogP contribution in [0.15, 0.2) is 5.11 Å². The van der Waals surface area contributed by atoms with Gasteiger partial charge in [0.1, 0.15) is 6.04 Å². The summed E-state index contributed by atoms with van der Waals surface area (Å²) >= 11 is 0. The van der Waals surface area contributed by atoms with Gasteiger partial charge in [0.05, 0.1) is 6.61 Å². The highest BCUT2D eigenvalue weighted by Gasteiger charge is 2.54. The zero-order chi connectivity index (χ0) is 17.1. The Labute approximate surface area is 128 Å². The number of ether oxygens (including phenoxy) is 1. The molecule has 13 heteroatoms. The second-order valence-corrected chi connectivity index (χ2v) is 12.7. The van der Waals surface area contributed by atoms with Gasteiger partial charge in [0, 0.05) is 13.0 Å². The van der Waals surface area contributed by atoms with Crippen molar-refractivity contribution in [2.75, 3.05) is 6.61 Å². The molecule has 0 unspecified atom stereocenters. The van der Waals surface area contributed by atoms with Crippen LogP contribution in [-0.4, -0.2) is 56.2 Å². The first-order chi connectivity index (χ1) is 9.97. The molecule has 0 bridgehead atoms. The van der Waals surface area contributed by atoms with Crippen LogP contribution >= 0.6 is 0 Å². The number of hydrogen-bond donors (Lipinski definition) is 2. The van der Waals surface area contributed by atoms with Crippen LogP contribution in [0.2, 0.25) is 25.7 Å². The molecule has 22 heavy (non-hydrogen) atoms. The molecule has 2 atom stereocenters. The van der Waals surface area contributed by atoms with E-state index in [-0.39, 0.29) is 10.9 Å². The SMILES string of the molecule is C[Si](C)(C)CCOC(=O)N[C@@H]1C(=O)N(S(=O)(=O)O)[C@H]1N=[N+]=[N-]. The van der Waals surface area contributed by atoms with E-state index in [2.05, 4.69) is 35.0 Å². The normalized spacial score (nSPS) is 21.6. The molecule has 1 heterocycles. The van der Waals surface area contributed by atoms with Crippen molar-refractivity contribution in [3.8, 4) is 0 Å². The van der Waals surface area contributed by atoms with Gasteiger partial charge < -0.3 is 10.1 Å². The number of nitrogens with one attached hydrogen (secondary N) is 1. The third-order valence-electron chi connectivity index (χ3n) is 2.80. The first-order valence-corrected chi connectivity index (χ1v) is 11.4. The Balaban J connectivity index is 2.64. The Kier molecular flexibility index (Phi) is 5.40. The number of azide groups is 1. The summed E-state index contributed by atoms with van der Waals surface area (Å²) in [7, 11) is -6.25. The van der Waals surface area contributed by atoms with E-state index < -0.39 is 42.6 Å². The molecule has 1 rings (SSSR count). The van der Waals surface area contributed by atoms with Gasteiger partial charge in [-0.3, -0.25) is 9.35 Å². The third kappa shape index (κ3) is 4.59. The van der Waals surface area contributed by atoms with E-state index in [1.807, 2.05) is 0 Å². The van der Waals surface area contributed by atoms with Crippen LogP contribution in [0.4, 0.5) is 4.79 Å². The van der Waals surface area contributed by atoms with Crippen LogP contribution in [-0.2, 0) is 19.8 Å². The maximum atomic E-state index is 11.6. The first-order valence-electron chi connectivity index (χ1n) is 6.25. The summed E-state index contributed by atoms with van der Waals surface area (Å²) in [6.45, 7) is 6.43. The Morgan fingerprint density at radius 2 is 2.14 bits per heavy atom. The molecule has 2 amide bonds. The van der Waals surface area contributed by atoms with E-state index in [1.54, 1.807) is 0 Å². The van der Waals surface area contributed by atoms with Crippen LogP contribution < -0.4 is 5.32 Å². The smallest absolute Gasteiger partial charge is 0.407 e. The van der Waals surface area contributed by atoms with Crippen molar-refractivity contribution in [3.63, 3.8) is 0 Å². The lowest BCUT2D eigenvalue weighted by atomic mass is 10.1. The topological polar surface area (TPSA) is 162 Å². The number of nitrogens with zero attached hydrogens (tertiary/aromatic N) is 4. The molecule has 0 aliphatic carbocycles. The van der Waals surface area contributed by atoms with Crippen LogP contribution in [0.25, 0.3) is 10.4 Å². The summed E-state index contributed by atoms with van der Waals surface area (Å²) in [5.74, 6) is -1.11. The summed E-state index contributed by atoms with van der Waals surface area (Å²) in [6.07, 6.45) is -2.48. The second-order valence-electron chi connectivity index (χ2n) is 5.80. The lowest BCUT2D eigenvalue weighted by Gasteiger charge is -2.41. The molecular weight excluding hydrogens is 334 g/mol. The van der Waals surface area contributed by atoms with Gasteiger partial charge in [-0.2, -0.15) is 8.42 Å². The standard InChI is InChI=1S/C9H17N5O6SSi/c1-22(2,3)5-4-20-9(16)11-6-7(12-13-10)14(8(6)15)21(17,18)19/h6-7H,4-5H2,1-3H3,(H,11,16)(H,17,18,19)/t6-,7+/m0/s1. The van der Waals surface area contributed by atoms with Crippen molar-refractivity contribution < 1.29 is 27.3 Å². The van der Waals surface area contributed by atoms with Crippen LogP contribution in [0.3, 0.4) is 0 Å². The largest absolute Gasteiger partial charge is 0.450 e. The Morgan fingerprint density at radius 3 is 2.59 bits per heavy atom. The molecule has 124 valence electrons. The molecular formula is C9H17N5O6SSi. The molecule has 2 N–H and O–H groups in total. The summed E-state index contributed by atoms with van der Waals surface area (Å²) in [4.78, 5) is 25.5. The van der Waals surface area contributed by atoms with Gasteiger partial charge >= 0.3 is 16.4 Å². The second kappa shape index (κ2) is 6.52. The van der Waals surface area contributed by atoms with Crippen molar-refractivity contribution in [2.24, 2.45) is 5.11 Å². The predicted octanol–water partition coefficient (Wildman–Crippen LogP) is 0.701. The molecule has 0 radical (unpaired) electrons. The van der Waals surface area contributed by atoms with Gasteiger partial charge in [0.2, 0.25) is 0 Å². The number of β-lactam (4-membered cyclic amide) rings is 1. The Hall–Kier alpha value is -1.82. The van der Waals surface area contributed by atoms with Gasteiger partial charge in [-0.15, -0.1) is 0 Å². The monoisotopic (exact) mass is 351 g/mol. The quantitative estimate of drug-likeness (QED) is 0.179. The molecule has 1 saturated heterocycles. The molecule has 11 nitrogen and oxygen atoms in total. The zero-order valence-corrected chi connectivity index (χ0v) is 14.1. The number of carbonyl (C=O) groups excluding carboxylic acids is 2. The fraction of sp³-hybridized carbons (Fsp3) is 0.778. The maximum absolute atomic E-state index is 11.6. The number of rotatable bonds is 6. The Bertz CT molecular complexity index is 610. The third-order valence-corrected chi connectivity index (χ3v) is 5.40. The minimum atomic E-state index is -4.86. The maximum Gasteiger partial charge on any atom is 0.407 e. The number of amides is 2. The molecule has 0 spiro atoms. The summed E-state index contributed by atoms with van der Waals surface area (Å²) < 4.78 is 35.6. The van der Waals surface area contributed by atoms with Crippen LogP contribution in [0, 0.1) is 0 Å². The van der Waals surface area contributed by atoms with Crippen molar-refractivity contribution in [3.05, 3.63) is 10.4 Å². The predicted molar refractivity (Wildman–Crippen MR) is 77.8 cm³/mol. The summed E-state index contributed by atoms with van der Waals surface area (Å²) in [5.41, 5.74) is 8.36. The van der Waals surface area contributed by atoms with Gasteiger partial charge in [0.15, 0.2) is 6.17 Å². The Morgan fingerprint density at radius 1 is 1.55 bits per heavy atom. The number of alkyl carbamates (subject to hydrolysis) is 1. The lowest BCUT2D eigenvalue weighted by Crippen LogP contribution is -2.71. The van der Waals surface area contributed by atoms with Crippen LogP contribution in [0.5, 0.6) is 0 Å². The minimum Gasteiger partial charge on any atom is -0.450 e. The van der Waals surface area contributed by atoms with Crippen molar-refractivity contribution >= 4 is 30.4 Å². The number of carbonyl (C=O) groups is 2. The molecule has 0 aromatic heterocycles. The van der Waals surface area contributed by atoms with Gasteiger partial charge in [-0.1, -0.05) is 24.8 Å². The van der Waals surface area contributed by atoms with Gasteiger partial charge in [-0.25, -0.2) is 9.10 Å². The minimum absolute atomic E-state index is 0.0142. The fourth-order valence-electron chi connectivity index (χ4n) is 1.62. The van der Waals surface area contributed by atoms with E-state index >= 15 is 0 Å². The van der Waals surface area contributed by atoms with E-state index in [4.69, 9.17) is 14.8 Å². The highest BCUT2D eigenvalue weighted by Crippen LogP contribution is 2.24. The average molecular weight is 351 g/mol. The van der Waals surface area contributed by atoms with Crippen LogP contribution in [0.1, 0.15) is 0 Å². The molecule has 0 saturated carbocycles. The van der Waals surface area contributed by atoms with E-state index in [0.717, 1.165) is 6.04 Å². The summed E-state index contributed by atoms with van der Waals surface area (Å²) in [6, 6.07) is -0.673. The van der Waals surface area contributed by atoms with E-state index in [0.29, 0.717) is 0 Å². The van der Waals surface area contributed by atoms with Crippen molar-refractivity contribution in [2.45, 2.75) is 37.9 Å². The molecule has 0 aromatic rings. The van der Waals surface area contributed by atoms with E-state index in [9.17, 15) is 18.0 Å². The highest BCUT2D eigenvalue weighted by molar-refractivity contribution is 7.84. The molecule has 0 aromatic carbocycles. The van der Waals surface area contributed by atoms with Crippen molar-refractivity contribution in [1.82, 2.24) is 9.62 Å². The highest BCUT2D eigenvalue weighted by atomic mass is 32.2. The van der Waals surface area contributed by atoms with Crippen molar-refractivity contribution in [1.29, 1.82) is 0 Å². The zero-order valence-electron chi connectivity index (χ0n) is 12.3. The van der Waals surface area contributed by atoms with E-state index in [1.165, 1.54) is 0 Å². The molecule has 1 aliphatic rings. The molecule has 1 aliphatic heterocycles. The number of hydrogen-bond acceptors (Lipinski definition) is 6. The lowest BCUT2D eigenvalue weighted by molar-refractivity contribution is -0.141. The van der Waals surface area contributed by atoms with Gasteiger partial charge in [0.25, 0.3) is 5.91 Å². The van der Waals surface area contributed by atoms with Gasteiger partial charge in [-0.05, 0) is 11.6 Å².